The molecule has 0 bridgehead atoms. The lowest BCUT2D eigenvalue weighted by Crippen LogP contribution is -2.00. The van der Waals surface area contributed by atoms with Crippen LogP contribution in [0.25, 0.3) is 0 Å². The van der Waals surface area contributed by atoms with Crippen molar-refractivity contribution >= 4 is 17.4 Å². The number of nitrogens with two attached hydrogens (primary N) is 1. The van der Waals surface area contributed by atoms with Crippen LogP contribution in [0.4, 0.5) is 5.69 Å². The minimum Gasteiger partial charge on any atom is -0.493 e. The fourth-order valence-electron chi connectivity index (χ4n) is 1.13. The van der Waals surface area contributed by atoms with Crippen LogP contribution in [0.15, 0.2) is 35.7 Å². The summed E-state index contributed by atoms with van der Waals surface area (Å²) in [6.07, 6.45) is 1.49. The highest BCUT2D eigenvalue weighted by atomic mass is 32.2. The first-order valence-electron chi connectivity index (χ1n) is 4.81. The molecule has 0 aliphatic rings. The third-order valence-corrected chi connectivity index (χ3v) is 2.70. The number of benzene rings is 1. The second kappa shape index (κ2) is 5.41. The molecule has 2 rings (SSSR count). The largest absolute Gasteiger partial charge is 0.493 e. The predicted molar refractivity (Wildman–Crippen MR) is 63.5 cm³/mol. The van der Waals surface area contributed by atoms with Gasteiger partial charge in [0.2, 0.25) is 0 Å². The van der Waals surface area contributed by atoms with Gasteiger partial charge in [0.15, 0.2) is 5.16 Å². The van der Waals surface area contributed by atoms with E-state index >= 15 is 0 Å². The summed E-state index contributed by atoms with van der Waals surface area (Å²) in [4.78, 5) is 4.00. The van der Waals surface area contributed by atoms with E-state index in [0.29, 0.717) is 6.61 Å². The fourth-order valence-corrected chi connectivity index (χ4v) is 1.72. The summed E-state index contributed by atoms with van der Waals surface area (Å²) < 4.78 is 5.52. The molecule has 0 fully saturated rings. The van der Waals surface area contributed by atoms with Crippen LogP contribution in [0, 0.1) is 0 Å². The zero-order valence-electron chi connectivity index (χ0n) is 8.59. The van der Waals surface area contributed by atoms with E-state index < -0.39 is 0 Å². The number of thioether (sulfide) groups is 1. The Morgan fingerprint density at radius 2 is 2.12 bits per heavy atom. The Hall–Kier alpha value is -1.69. The summed E-state index contributed by atoms with van der Waals surface area (Å²) in [6.45, 7) is 0.620. The highest BCUT2D eigenvalue weighted by molar-refractivity contribution is 7.99. The maximum Gasteiger partial charge on any atom is 0.183 e. The molecule has 1 heterocycles. The molecule has 0 spiro atoms. The van der Waals surface area contributed by atoms with Crippen LogP contribution in [0.3, 0.4) is 0 Å². The number of hydrogen-bond acceptors (Lipinski definition) is 5. The number of rotatable bonds is 5. The van der Waals surface area contributed by atoms with E-state index in [1.165, 1.54) is 6.33 Å². The van der Waals surface area contributed by atoms with Crippen molar-refractivity contribution in [2.24, 2.45) is 0 Å². The summed E-state index contributed by atoms with van der Waals surface area (Å²) in [5, 5.41) is 7.34. The van der Waals surface area contributed by atoms with Crippen molar-refractivity contribution in [2.45, 2.75) is 5.16 Å². The van der Waals surface area contributed by atoms with Crippen LogP contribution in [-0.2, 0) is 0 Å². The maximum atomic E-state index is 5.57. The molecule has 3 N–H and O–H groups in total. The van der Waals surface area contributed by atoms with Gasteiger partial charge in [-0.2, -0.15) is 5.10 Å². The standard InChI is InChI=1S/C10H12N4OS/c11-8-1-3-9(4-2-8)15-5-6-16-10-12-7-13-14-10/h1-4,7H,5-6,11H2,(H,12,13,14). The summed E-state index contributed by atoms with van der Waals surface area (Å²) in [7, 11) is 0. The Morgan fingerprint density at radius 3 is 2.81 bits per heavy atom. The molecule has 0 atom stereocenters. The highest BCUT2D eigenvalue weighted by Crippen LogP contribution is 2.15. The van der Waals surface area contributed by atoms with Crippen LogP contribution >= 0.6 is 11.8 Å². The van der Waals surface area contributed by atoms with Gasteiger partial charge in [0, 0.05) is 11.4 Å². The number of aromatic nitrogens is 3. The average Bonchev–Trinajstić information content (AvgIpc) is 2.80. The van der Waals surface area contributed by atoms with E-state index in [9.17, 15) is 0 Å². The van der Waals surface area contributed by atoms with Crippen molar-refractivity contribution < 1.29 is 4.74 Å². The van der Waals surface area contributed by atoms with Crippen molar-refractivity contribution in [2.75, 3.05) is 18.1 Å². The zero-order valence-corrected chi connectivity index (χ0v) is 9.41. The molecule has 16 heavy (non-hydrogen) atoms. The SMILES string of the molecule is Nc1ccc(OCCSc2ncn[nH]2)cc1. The Kier molecular flexibility index (Phi) is 3.66. The molecule has 0 amide bonds. The number of ether oxygens (including phenoxy) is 1. The first-order valence-corrected chi connectivity index (χ1v) is 5.79. The normalized spacial score (nSPS) is 10.2. The van der Waals surface area contributed by atoms with Crippen LogP contribution in [0.1, 0.15) is 0 Å². The molecule has 2 aromatic rings. The Bertz CT molecular complexity index is 415. The van der Waals surface area contributed by atoms with Gasteiger partial charge in [0.25, 0.3) is 0 Å². The van der Waals surface area contributed by atoms with Gasteiger partial charge in [-0.25, -0.2) is 4.98 Å². The van der Waals surface area contributed by atoms with Crippen LogP contribution in [0.2, 0.25) is 0 Å². The molecule has 0 unspecified atom stereocenters. The first-order chi connectivity index (χ1) is 7.84. The van der Waals surface area contributed by atoms with Gasteiger partial charge in [-0.1, -0.05) is 11.8 Å². The predicted octanol–water partition coefficient (Wildman–Crippen LogP) is 1.56. The molecule has 5 nitrogen and oxygen atoms in total. The van der Waals surface area contributed by atoms with E-state index in [2.05, 4.69) is 15.2 Å². The maximum absolute atomic E-state index is 5.57. The molecule has 0 saturated heterocycles. The number of nitrogens with zero attached hydrogens (tertiary/aromatic N) is 2. The molecule has 0 radical (unpaired) electrons. The van der Waals surface area contributed by atoms with E-state index in [0.717, 1.165) is 22.3 Å². The number of nitrogen functional groups attached to an aromatic ring is 1. The van der Waals surface area contributed by atoms with Crippen molar-refractivity contribution in [1.82, 2.24) is 15.2 Å². The fraction of sp³-hybridized carbons (Fsp3) is 0.200. The van der Waals surface area contributed by atoms with Gasteiger partial charge in [0.1, 0.15) is 12.1 Å². The smallest absolute Gasteiger partial charge is 0.183 e. The van der Waals surface area contributed by atoms with Gasteiger partial charge in [-0.3, -0.25) is 5.10 Å². The molecule has 1 aromatic heterocycles. The summed E-state index contributed by atoms with van der Waals surface area (Å²) >= 11 is 1.57. The van der Waals surface area contributed by atoms with Crippen molar-refractivity contribution in [3.63, 3.8) is 0 Å². The lowest BCUT2D eigenvalue weighted by Gasteiger charge is -2.04. The number of aromatic amines is 1. The summed E-state index contributed by atoms with van der Waals surface area (Å²) in [5.41, 5.74) is 6.31. The second-order valence-electron chi connectivity index (χ2n) is 3.06. The van der Waals surface area contributed by atoms with Crippen molar-refractivity contribution in [3.05, 3.63) is 30.6 Å². The second-order valence-corrected chi connectivity index (χ2v) is 4.14. The zero-order chi connectivity index (χ0) is 11.2. The Balaban J connectivity index is 1.70. The molecule has 84 valence electrons. The van der Waals surface area contributed by atoms with E-state index in [4.69, 9.17) is 10.5 Å². The highest BCUT2D eigenvalue weighted by Gasteiger charge is 1.97. The van der Waals surface area contributed by atoms with E-state index in [1.54, 1.807) is 11.8 Å². The monoisotopic (exact) mass is 236 g/mol. The summed E-state index contributed by atoms with van der Waals surface area (Å²) in [6, 6.07) is 7.35. The minimum absolute atomic E-state index is 0.620. The Morgan fingerprint density at radius 1 is 1.31 bits per heavy atom. The first kappa shape index (κ1) is 10.8. The molecular weight excluding hydrogens is 224 g/mol. The lowest BCUT2D eigenvalue weighted by atomic mass is 10.3. The average molecular weight is 236 g/mol. The van der Waals surface area contributed by atoms with Gasteiger partial charge in [-0.05, 0) is 24.3 Å². The molecule has 0 aliphatic carbocycles. The van der Waals surface area contributed by atoms with Crippen LogP contribution in [-0.4, -0.2) is 27.5 Å². The van der Waals surface area contributed by atoms with Crippen LogP contribution in [0.5, 0.6) is 5.75 Å². The number of hydrogen-bond donors (Lipinski definition) is 2. The Labute approximate surface area is 97.4 Å². The molecular formula is C10H12N4OS. The van der Waals surface area contributed by atoms with Crippen LogP contribution < -0.4 is 10.5 Å². The molecule has 6 heteroatoms. The number of H-pyrrole nitrogens is 1. The quantitative estimate of drug-likeness (QED) is 0.468. The van der Waals surface area contributed by atoms with Gasteiger partial charge < -0.3 is 10.5 Å². The van der Waals surface area contributed by atoms with E-state index in [1.807, 2.05) is 24.3 Å². The number of anilines is 1. The topological polar surface area (TPSA) is 76.8 Å². The van der Waals surface area contributed by atoms with E-state index in [-0.39, 0.29) is 0 Å². The van der Waals surface area contributed by atoms with Gasteiger partial charge >= 0.3 is 0 Å². The third kappa shape index (κ3) is 3.16. The molecule has 0 aliphatic heterocycles. The minimum atomic E-state index is 0.620. The van der Waals surface area contributed by atoms with Crippen molar-refractivity contribution in [3.8, 4) is 5.75 Å². The lowest BCUT2D eigenvalue weighted by molar-refractivity contribution is 0.344. The third-order valence-electron chi connectivity index (χ3n) is 1.86. The van der Waals surface area contributed by atoms with Gasteiger partial charge in [-0.15, -0.1) is 0 Å². The summed E-state index contributed by atoms with van der Waals surface area (Å²) in [5.74, 6) is 1.65. The van der Waals surface area contributed by atoms with Gasteiger partial charge in [0.05, 0.1) is 6.61 Å². The van der Waals surface area contributed by atoms with Crippen molar-refractivity contribution in [1.29, 1.82) is 0 Å². The number of nitrogens with one attached hydrogen (secondary N) is 1. The molecule has 1 aromatic carbocycles. The molecule has 0 saturated carbocycles.